The smallest absolute Gasteiger partial charge is 0.411 e. The molecule has 0 aromatic carbocycles. The maximum atomic E-state index is 12.4. The molecular formula is C21H37NO4. The molecule has 0 rings (SSSR count). The van der Waals surface area contributed by atoms with Crippen LogP contribution in [0.15, 0.2) is 0 Å². The van der Waals surface area contributed by atoms with Gasteiger partial charge in [0.15, 0.2) is 6.61 Å². The van der Waals surface area contributed by atoms with Gasteiger partial charge in [0.25, 0.3) is 0 Å². The Hall–Kier alpha value is -1.70. The number of esters is 1. The van der Waals surface area contributed by atoms with Gasteiger partial charge in [0.1, 0.15) is 6.04 Å². The summed E-state index contributed by atoms with van der Waals surface area (Å²) < 4.78 is 10.4. The van der Waals surface area contributed by atoms with Crippen molar-refractivity contribution in [3.05, 3.63) is 0 Å². The molecule has 1 unspecified atom stereocenters. The highest BCUT2D eigenvalue weighted by atomic mass is 16.6. The summed E-state index contributed by atoms with van der Waals surface area (Å²) in [7, 11) is 1.56. The fourth-order valence-electron chi connectivity index (χ4n) is 2.76. The first-order valence-corrected chi connectivity index (χ1v) is 9.91. The fourth-order valence-corrected chi connectivity index (χ4v) is 2.76. The van der Waals surface area contributed by atoms with Crippen LogP contribution in [-0.2, 0) is 14.3 Å². The van der Waals surface area contributed by atoms with Crippen molar-refractivity contribution in [3.8, 4) is 11.8 Å². The van der Waals surface area contributed by atoms with E-state index < -0.39 is 12.1 Å². The molecule has 0 fully saturated rings. The first-order chi connectivity index (χ1) is 12.5. The molecule has 5 heteroatoms. The molecule has 1 amide bonds. The Morgan fingerprint density at radius 2 is 1.54 bits per heavy atom. The number of likely N-dealkylation sites (N-methyl/N-ethyl adjacent to an activating group) is 1. The van der Waals surface area contributed by atoms with Gasteiger partial charge < -0.3 is 9.47 Å². The SMILES string of the molecule is CC#CCOC(=O)N(C)C(C(=O)OCCCCCCCCCC)C(C)C. The Balaban J connectivity index is 4.14. The van der Waals surface area contributed by atoms with Gasteiger partial charge in [-0.05, 0) is 19.3 Å². The normalized spacial score (nSPS) is 11.5. The van der Waals surface area contributed by atoms with E-state index in [2.05, 4.69) is 18.8 Å². The van der Waals surface area contributed by atoms with E-state index in [-0.39, 0.29) is 18.5 Å². The van der Waals surface area contributed by atoms with Crippen molar-refractivity contribution in [3.63, 3.8) is 0 Å². The van der Waals surface area contributed by atoms with Gasteiger partial charge in [-0.1, -0.05) is 71.6 Å². The molecule has 1 atom stereocenters. The third-order valence-electron chi connectivity index (χ3n) is 4.27. The Bertz CT molecular complexity index is 451. The van der Waals surface area contributed by atoms with Gasteiger partial charge in [-0.25, -0.2) is 9.59 Å². The number of nitrogens with zero attached hydrogens (tertiary/aromatic N) is 1. The number of rotatable bonds is 13. The minimum Gasteiger partial charge on any atom is -0.464 e. The van der Waals surface area contributed by atoms with E-state index in [9.17, 15) is 9.59 Å². The standard InChI is InChI=1S/C21H37NO4/c1-6-8-10-11-12-13-14-15-17-25-20(23)19(18(3)4)22(5)21(24)26-16-9-7-2/h18-19H,6,8,10-17H2,1-5H3. The van der Waals surface area contributed by atoms with Gasteiger partial charge in [0.05, 0.1) is 6.61 Å². The summed E-state index contributed by atoms with van der Waals surface area (Å²) in [5.74, 6) is 4.89. The summed E-state index contributed by atoms with van der Waals surface area (Å²) >= 11 is 0. The zero-order chi connectivity index (χ0) is 19.8. The lowest BCUT2D eigenvalue weighted by Gasteiger charge is -2.28. The summed E-state index contributed by atoms with van der Waals surface area (Å²) in [6, 6.07) is -0.647. The van der Waals surface area contributed by atoms with Gasteiger partial charge in [-0.2, -0.15) is 0 Å². The predicted octanol–water partition coefficient (Wildman–Crippen LogP) is 4.79. The van der Waals surface area contributed by atoms with Crippen molar-refractivity contribution in [1.29, 1.82) is 0 Å². The lowest BCUT2D eigenvalue weighted by atomic mass is 10.0. The van der Waals surface area contributed by atoms with Crippen LogP contribution in [0.2, 0.25) is 0 Å². The zero-order valence-electron chi connectivity index (χ0n) is 17.3. The molecule has 26 heavy (non-hydrogen) atoms. The van der Waals surface area contributed by atoms with Crippen molar-refractivity contribution in [2.24, 2.45) is 5.92 Å². The molecule has 0 bridgehead atoms. The van der Waals surface area contributed by atoms with E-state index in [4.69, 9.17) is 9.47 Å². The van der Waals surface area contributed by atoms with Crippen molar-refractivity contribution >= 4 is 12.1 Å². The van der Waals surface area contributed by atoms with Gasteiger partial charge in [0.2, 0.25) is 0 Å². The van der Waals surface area contributed by atoms with E-state index in [0.29, 0.717) is 6.61 Å². The molecule has 0 aromatic rings. The highest BCUT2D eigenvalue weighted by Crippen LogP contribution is 2.13. The van der Waals surface area contributed by atoms with Crippen LogP contribution in [0, 0.1) is 17.8 Å². The average molecular weight is 368 g/mol. The molecule has 0 aromatic heterocycles. The van der Waals surface area contributed by atoms with Gasteiger partial charge in [0, 0.05) is 7.05 Å². The molecule has 0 aliphatic carbocycles. The van der Waals surface area contributed by atoms with Crippen LogP contribution in [0.1, 0.15) is 79.1 Å². The van der Waals surface area contributed by atoms with E-state index in [1.165, 1.54) is 43.4 Å². The number of hydrogen-bond donors (Lipinski definition) is 0. The molecule has 0 N–H and O–H groups in total. The Kier molecular flexibility index (Phi) is 14.5. The van der Waals surface area contributed by atoms with Gasteiger partial charge >= 0.3 is 12.1 Å². The van der Waals surface area contributed by atoms with Crippen LogP contribution < -0.4 is 0 Å². The van der Waals surface area contributed by atoms with Gasteiger partial charge in [-0.15, -0.1) is 5.92 Å². The molecule has 0 saturated carbocycles. The molecule has 0 aliphatic rings. The first-order valence-electron chi connectivity index (χ1n) is 9.91. The lowest BCUT2D eigenvalue weighted by molar-refractivity contribution is -0.150. The molecule has 0 saturated heterocycles. The minimum absolute atomic E-state index is 0.0256. The second-order valence-corrected chi connectivity index (χ2v) is 6.92. The average Bonchev–Trinajstić information content (AvgIpc) is 2.60. The number of hydrogen-bond acceptors (Lipinski definition) is 4. The third-order valence-corrected chi connectivity index (χ3v) is 4.27. The van der Waals surface area contributed by atoms with Gasteiger partial charge in [-0.3, -0.25) is 4.90 Å². The van der Waals surface area contributed by atoms with Crippen LogP contribution >= 0.6 is 0 Å². The zero-order valence-corrected chi connectivity index (χ0v) is 17.3. The van der Waals surface area contributed by atoms with Crippen LogP contribution in [0.5, 0.6) is 0 Å². The van der Waals surface area contributed by atoms with Crippen molar-refractivity contribution < 1.29 is 19.1 Å². The summed E-state index contributed by atoms with van der Waals surface area (Å²) in [6.07, 6.45) is 8.99. The van der Waals surface area contributed by atoms with Crippen molar-refractivity contribution in [1.82, 2.24) is 4.90 Å². The number of ether oxygens (including phenoxy) is 2. The van der Waals surface area contributed by atoms with E-state index >= 15 is 0 Å². The molecule has 5 nitrogen and oxygen atoms in total. The Morgan fingerprint density at radius 3 is 2.08 bits per heavy atom. The molecule has 150 valence electrons. The maximum absolute atomic E-state index is 12.4. The molecule has 0 aliphatic heterocycles. The van der Waals surface area contributed by atoms with Crippen LogP contribution in [0.4, 0.5) is 4.79 Å². The summed E-state index contributed by atoms with van der Waals surface area (Å²) in [5.41, 5.74) is 0. The van der Waals surface area contributed by atoms with E-state index in [1.807, 2.05) is 13.8 Å². The summed E-state index contributed by atoms with van der Waals surface area (Å²) in [4.78, 5) is 25.7. The van der Waals surface area contributed by atoms with Crippen LogP contribution in [0.3, 0.4) is 0 Å². The number of amides is 1. The lowest BCUT2D eigenvalue weighted by Crippen LogP contribution is -2.46. The van der Waals surface area contributed by atoms with E-state index in [0.717, 1.165) is 12.8 Å². The maximum Gasteiger partial charge on any atom is 0.411 e. The molecule has 0 radical (unpaired) electrons. The Morgan fingerprint density at radius 1 is 0.962 bits per heavy atom. The van der Waals surface area contributed by atoms with Crippen molar-refractivity contribution in [2.75, 3.05) is 20.3 Å². The van der Waals surface area contributed by atoms with Crippen LogP contribution in [0.25, 0.3) is 0 Å². The molecular weight excluding hydrogens is 330 g/mol. The second-order valence-electron chi connectivity index (χ2n) is 6.92. The third kappa shape index (κ3) is 11.0. The first kappa shape index (κ1) is 24.3. The molecule has 0 spiro atoms. The predicted molar refractivity (Wildman–Crippen MR) is 105 cm³/mol. The number of carbonyl (C=O) groups excluding carboxylic acids is 2. The van der Waals surface area contributed by atoms with Crippen LogP contribution in [-0.4, -0.2) is 43.3 Å². The monoisotopic (exact) mass is 367 g/mol. The quantitative estimate of drug-likeness (QED) is 0.267. The Labute approximate surface area is 159 Å². The van der Waals surface area contributed by atoms with E-state index in [1.54, 1.807) is 14.0 Å². The minimum atomic E-state index is -0.647. The van der Waals surface area contributed by atoms with Crippen molar-refractivity contribution in [2.45, 2.75) is 85.1 Å². The highest BCUT2D eigenvalue weighted by Gasteiger charge is 2.31. The topological polar surface area (TPSA) is 55.8 Å². The highest BCUT2D eigenvalue weighted by molar-refractivity contribution is 5.81. The molecule has 0 heterocycles. The summed E-state index contributed by atoms with van der Waals surface area (Å²) in [5, 5.41) is 0. The second kappa shape index (κ2) is 15.5. The number of unbranched alkanes of at least 4 members (excludes halogenated alkanes) is 7. The largest absolute Gasteiger partial charge is 0.464 e. The fraction of sp³-hybridized carbons (Fsp3) is 0.810. The number of carbonyl (C=O) groups is 2. The summed E-state index contributed by atoms with van der Waals surface area (Å²) in [6.45, 7) is 8.10.